The van der Waals surface area contributed by atoms with Gasteiger partial charge in [-0.3, -0.25) is 0 Å². The molecule has 0 radical (unpaired) electrons. The van der Waals surface area contributed by atoms with Gasteiger partial charge in [0.05, 0.1) is 6.07 Å². The van der Waals surface area contributed by atoms with E-state index < -0.39 is 0 Å². The van der Waals surface area contributed by atoms with E-state index in [2.05, 4.69) is 10.2 Å². The van der Waals surface area contributed by atoms with Gasteiger partial charge in [0.2, 0.25) is 11.8 Å². The van der Waals surface area contributed by atoms with E-state index in [1.165, 1.54) is 0 Å². The van der Waals surface area contributed by atoms with Crippen molar-refractivity contribution in [1.29, 1.82) is 0 Å². The molecule has 4 heteroatoms. The Bertz CT molecular complexity index is 608. The molecule has 1 heterocycles. The molecule has 1 aromatic heterocycles. The molecule has 4 nitrogen and oxygen atoms in total. The zero-order valence-electron chi connectivity index (χ0n) is 11.5. The summed E-state index contributed by atoms with van der Waals surface area (Å²) in [5.74, 6) is 1.13. The van der Waals surface area contributed by atoms with Crippen LogP contribution in [0.1, 0.15) is 11.1 Å². The molecule has 0 spiro atoms. The van der Waals surface area contributed by atoms with Gasteiger partial charge in [-0.2, -0.15) is 0 Å². The fourth-order valence-electron chi connectivity index (χ4n) is 1.90. The summed E-state index contributed by atoms with van der Waals surface area (Å²) in [7, 11) is 0. The first-order chi connectivity index (χ1) is 10.4. The monoisotopic (exact) mass is 280 g/mol. The van der Waals surface area contributed by atoms with E-state index in [-0.39, 0.29) is 0 Å². The highest BCUT2D eigenvalue weighted by molar-refractivity contribution is 5.21. The number of aromatic nitrogens is 2. The molecule has 0 atom stereocenters. The van der Waals surface area contributed by atoms with Crippen LogP contribution in [-0.2, 0) is 13.2 Å². The summed E-state index contributed by atoms with van der Waals surface area (Å²) in [5.41, 5.74) is 2.21. The van der Waals surface area contributed by atoms with Crippen molar-refractivity contribution in [1.82, 2.24) is 10.2 Å². The van der Waals surface area contributed by atoms with E-state index in [1.807, 2.05) is 60.7 Å². The average Bonchev–Trinajstić information content (AvgIpc) is 3.01. The smallest absolute Gasteiger partial charge is 0.236 e. The molecule has 0 aliphatic carbocycles. The van der Waals surface area contributed by atoms with Gasteiger partial charge in [-0.25, -0.2) is 5.10 Å². The Morgan fingerprint density at radius 3 is 1.95 bits per heavy atom. The summed E-state index contributed by atoms with van der Waals surface area (Å²) in [6, 6.07) is 21.7. The van der Waals surface area contributed by atoms with E-state index in [0.29, 0.717) is 25.0 Å². The fraction of sp³-hybridized carbons (Fsp3) is 0.118. The van der Waals surface area contributed by atoms with Crippen molar-refractivity contribution >= 4 is 0 Å². The summed E-state index contributed by atoms with van der Waals surface area (Å²) in [6.07, 6.45) is 0. The quantitative estimate of drug-likeness (QED) is 0.751. The highest BCUT2D eigenvalue weighted by Crippen LogP contribution is 2.17. The number of ether oxygens (including phenoxy) is 2. The number of H-pyrrole nitrogens is 1. The predicted octanol–water partition coefficient (Wildman–Crippen LogP) is 3.57. The molecule has 0 bridgehead atoms. The first-order valence-corrected chi connectivity index (χ1v) is 6.79. The lowest BCUT2D eigenvalue weighted by Gasteiger charge is -2.02. The first kappa shape index (κ1) is 13.2. The minimum absolute atomic E-state index is 0.490. The maximum atomic E-state index is 5.63. The van der Waals surface area contributed by atoms with E-state index in [0.717, 1.165) is 11.1 Å². The van der Waals surface area contributed by atoms with Crippen LogP contribution in [0.5, 0.6) is 11.8 Å². The number of aromatic amines is 1. The molecule has 2 aromatic carbocycles. The van der Waals surface area contributed by atoms with Crippen LogP contribution in [0.25, 0.3) is 0 Å². The van der Waals surface area contributed by atoms with Gasteiger partial charge in [-0.15, -0.1) is 5.10 Å². The molecule has 3 rings (SSSR count). The normalized spacial score (nSPS) is 10.3. The number of hydrogen-bond donors (Lipinski definition) is 1. The molecule has 0 saturated heterocycles. The lowest BCUT2D eigenvalue weighted by molar-refractivity contribution is 0.291. The molecule has 1 N–H and O–H groups in total. The molecule has 0 aliphatic rings. The molecule has 21 heavy (non-hydrogen) atoms. The van der Waals surface area contributed by atoms with Crippen molar-refractivity contribution in [3.05, 3.63) is 77.9 Å². The number of benzene rings is 2. The number of rotatable bonds is 6. The third-order valence-corrected chi connectivity index (χ3v) is 3.00. The standard InChI is InChI=1S/C17H16N2O2/c1-3-7-14(8-4-1)12-20-16-11-17(19-18-16)21-13-15-9-5-2-6-10-15/h1-11H,12-13H2,(H,18,19). The molecular formula is C17H16N2O2. The van der Waals surface area contributed by atoms with Gasteiger partial charge in [0, 0.05) is 0 Å². The Labute approximate surface area is 123 Å². The second kappa shape index (κ2) is 6.61. The van der Waals surface area contributed by atoms with Crippen LogP contribution < -0.4 is 9.47 Å². The van der Waals surface area contributed by atoms with E-state index in [1.54, 1.807) is 6.07 Å². The summed E-state index contributed by atoms with van der Waals surface area (Å²) in [4.78, 5) is 0. The Balaban J connectivity index is 1.52. The summed E-state index contributed by atoms with van der Waals surface area (Å²) in [6.45, 7) is 0.991. The van der Waals surface area contributed by atoms with Crippen molar-refractivity contribution in [2.24, 2.45) is 0 Å². The molecule has 3 aromatic rings. The van der Waals surface area contributed by atoms with E-state index in [4.69, 9.17) is 9.47 Å². The van der Waals surface area contributed by atoms with E-state index in [9.17, 15) is 0 Å². The highest BCUT2D eigenvalue weighted by atomic mass is 16.5. The third-order valence-electron chi connectivity index (χ3n) is 3.00. The Hall–Kier alpha value is -2.75. The lowest BCUT2D eigenvalue weighted by Crippen LogP contribution is -1.95. The van der Waals surface area contributed by atoms with Crippen LogP contribution in [0, 0.1) is 0 Å². The topological polar surface area (TPSA) is 47.1 Å². The third kappa shape index (κ3) is 3.86. The highest BCUT2D eigenvalue weighted by Gasteiger charge is 2.03. The van der Waals surface area contributed by atoms with Crippen molar-refractivity contribution in [2.75, 3.05) is 0 Å². The van der Waals surface area contributed by atoms with Crippen LogP contribution >= 0.6 is 0 Å². The minimum Gasteiger partial charge on any atom is -0.473 e. The summed E-state index contributed by atoms with van der Waals surface area (Å²) < 4.78 is 11.2. The van der Waals surface area contributed by atoms with Gasteiger partial charge in [-0.1, -0.05) is 60.7 Å². The Morgan fingerprint density at radius 1 is 0.762 bits per heavy atom. The van der Waals surface area contributed by atoms with E-state index >= 15 is 0 Å². The Morgan fingerprint density at radius 2 is 1.33 bits per heavy atom. The molecule has 0 amide bonds. The Kier molecular flexibility index (Phi) is 4.17. The van der Waals surface area contributed by atoms with Crippen LogP contribution in [0.3, 0.4) is 0 Å². The van der Waals surface area contributed by atoms with Gasteiger partial charge in [0.1, 0.15) is 13.2 Å². The zero-order chi connectivity index (χ0) is 14.3. The predicted molar refractivity (Wildman–Crippen MR) is 80.1 cm³/mol. The molecule has 106 valence electrons. The zero-order valence-corrected chi connectivity index (χ0v) is 11.5. The number of hydrogen-bond acceptors (Lipinski definition) is 3. The fourth-order valence-corrected chi connectivity index (χ4v) is 1.90. The number of nitrogens with one attached hydrogen (secondary N) is 1. The molecule has 0 aliphatic heterocycles. The molecule has 0 fully saturated rings. The molecule has 0 saturated carbocycles. The second-order valence-corrected chi connectivity index (χ2v) is 4.62. The van der Waals surface area contributed by atoms with Gasteiger partial charge in [0.15, 0.2) is 0 Å². The summed E-state index contributed by atoms with van der Waals surface area (Å²) in [5, 5.41) is 6.89. The second-order valence-electron chi connectivity index (χ2n) is 4.62. The minimum atomic E-state index is 0.490. The SMILES string of the molecule is c1ccc(COc2cc(OCc3ccccc3)[nH]n2)cc1. The largest absolute Gasteiger partial charge is 0.473 e. The maximum absolute atomic E-state index is 5.63. The summed E-state index contributed by atoms with van der Waals surface area (Å²) >= 11 is 0. The number of nitrogens with zero attached hydrogens (tertiary/aromatic N) is 1. The maximum Gasteiger partial charge on any atom is 0.236 e. The van der Waals surface area contributed by atoms with Gasteiger partial charge in [-0.05, 0) is 11.1 Å². The van der Waals surface area contributed by atoms with Gasteiger partial charge < -0.3 is 9.47 Å². The van der Waals surface area contributed by atoms with Crippen LogP contribution in [-0.4, -0.2) is 10.2 Å². The first-order valence-electron chi connectivity index (χ1n) is 6.79. The van der Waals surface area contributed by atoms with Crippen molar-refractivity contribution in [3.8, 4) is 11.8 Å². The van der Waals surface area contributed by atoms with Gasteiger partial charge >= 0.3 is 0 Å². The lowest BCUT2D eigenvalue weighted by atomic mass is 10.2. The van der Waals surface area contributed by atoms with Crippen LogP contribution in [0.4, 0.5) is 0 Å². The van der Waals surface area contributed by atoms with Crippen LogP contribution in [0.15, 0.2) is 66.7 Å². The van der Waals surface area contributed by atoms with Crippen molar-refractivity contribution < 1.29 is 9.47 Å². The van der Waals surface area contributed by atoms with Crippen molar-refractivity contribution in [2.45, 2.75) is 13.2 Å². The molecule has 0 unspecified atom stereocenters. The van der Waals surface area contributed by atoms with Gasteiger partial charge in [0.25, 0.3) is 0 Å². The molecular weight excluding hydrogens is 264 g/mol. The van der Waals surface area contributed by atoms with Crippen LogP contribution in [0.2, 0.25) is 0 Å². The average molecular weight is 280 g/mol. The van der Waals surface area contributed by atoms with Crippen molar-refractivity contribution in [3.63, 3.8) is 0 Å².